The number of hydrogen-bond acceptors (Lipinski definition) is 2. The monoisotopic (exact) mass is 398 g/mol. The molecule has 156 valence electrons. The summed E-state index contributed by atoms with van der Waals surface area (Å²) in [5.41, 5.74) is 2.33. The molecule has 2 aromatic carbocycles. The summed E-state index contributed by atoms with van der Waals surface area (Å²) in [6.45, 7) is 2.69. The zero-order chi connectivity index (χ0) is 20.6. The number of benzene rings is 2. The maximum atomic E-state index is 13.9. The Bertz CT molecular complexity index is 805. The summed E-state index contributed by atoms with van der Waals surface area (Å²) in [6, 6.07) is 14.3. The van der Waals surface area contributed by atoms with Crippen LogP contribution in [-0.2, 0) is 13.1 Å². The van der Waals surface area contributed by atoms with Crippen LogP contribution in [-0.4, -0.2) is 22.1 Å². The molecule has 1 aliphatic carbocycles. The predicted molar refractivity (Wildman–Crippen MR) is 114 cm³/mol. The molecule has 1 fully saturated rings. The minimum absolute atomic E-state index is 0.0322. The number of nitrogens with one attached hydrogen (secondary N) is 1. The first-order valence-electron chi connectivity index (χ1n) is 10.6. The van der Waals surface area contributed by atoms with Crippen molar-refractivity contribution in [2.45, 2.75) is 64.6 Å². The van der Waals surface area contributed by atoms with E-state index in [9.17, 15) is 14.3 Å². The number of anilines is 1. The third-order valence-electron chi connectivity index (χ3n) is 5.96. The van der Waals surface area contributed by atoms with E-state index < -0.39 is 6.09 Å². The quantitative estimate of drug-likeness (QED) is 0.550. The number of para-hydroxylation sites is 1. The first kappa shape index (κ1) is 21.2. The summed E-state index contributed by atoms with van der Waals surface area (Å²) in [5.74, 6) is 0.376. The van der Waals surface area contributed by atoms with Crippen LogP contribution in [0.25, 0.3) is 0 Å². The molecule has 1 saturated carbocycles. The van der Waals surface area contributed by atoms with Crippen molar-refractivity contribution >= 4 is 11.8 Å². The Hall–Kier alpha value is -2.56. The second kappa shape index (κ2) is 10.3. The molecule has 29 heavy (non-hydrogen) atoms. The highest BCUT2D eigenvalue weighted by molar-refractivity contribution is 5.66. The Morgan fingerprint density at radius 1 is 1.10 bits per heavy atom. The second-order valence-corrected chi connectivity index (χ2v) is 8.10. The predicted octanol–water partition coefficient (Wildman–Crippen LogP) is 6.28. The normalized spacial score (nSPS) is 15.7. The van der Waals surface area contributed by atoms with Crippen molar-refractivity contribution in [1.29, 1.82) is 0 Å². The highest BCUT2D eigenvalue weighted by atomic mass is 19.1. The molecular weight excluding hydrogens is 367 g/mol. The summed E-state index contributed by atoms with van der Waals surface area (Å²) >= 11 is 0. The number of amides is 1. The van der Waals surface area contributed by atoms with E-state index in [2.05, 4.69) is 5.32 Å². The van der Waals surface area contributed by atoms with Gasteiger partial charge in [0.1, 0.15) is 5.82 Å². The molecular formula is C24H31FN2O2. The molecule has 5 heteroatoms. The molecule has 0 radical (unpaired) electrons. The van der Waals surface area contributed by atoms with Crippen molar-refractivity contribution in [2.75, 3.05) is 5.32 Å². The highest BCUT2D eigenvalue weighted by Gasteiger charge is 2.24. The Balaban J connectivity index is 1.68. The van der Waals surface area contributed by atoms with Gasteiger partial charge in [0.2, 0.25) is 0 Å². The minimum atomic E-state index is -0.891. The number of hydrogen-bond donors (Lipinski definition) is 2. The summed E-state index contributed by atoms with van der Waals surface area (Å²) < 4.78 is 13.9. The van der Waals surface area contributed by atoms with Gasteiger partial charge in [-0.1, -0.05) is 68.5 Å². The Kier molecular flexibility index (Phi) is 7.50. The molecule has 0 bridgehead atoms. The van der Waals surface area contributed by atoms with E-state index in [-0.39, 0.29) is 11.9 Å². The average molecular weight is 399 g/mol. The lowest BCUT2D eigenvalue weighted by Crippen LogP contribution is -2.38. The van der Waals surface area contributed by atoms with Crippen molar-refractivity contribution in [3.8, 4) is 0 Å². The Morgan fingerprint density at radius 2 is 1.76 bits per heavy atom. The first-order valence-corrected chi connectivity index (χ1v) is 10.6. The van der Waals surface area contributed by atoms with Gasteiger partial charge in [-0.05, 0) is 37.0 Å². The van der Waals surface area contributed by atoms with E-state index in [1.54, 1.807) is 12.1 Å². The zero-order valence-corrected chi connectivity index (χ0v) is 17.1. The minimum Gasteiger partial charge on any atom is -0.465 e. The molecule has 1 unspecified atom stereocenters. The lowest BCUT2D eigenvalue weighted by molar-refractivity contribution is 0.113. The van der Waals surface area contributed by atoms with Crippen molar-refractivity contribution in [3.05, 3.63) is 65.5 Å². The second-order valence-electron chi connectivity index (χ2n) is 8.10. The van der Waals surface area contributed by atoms with Crippen molar-refractivity contribution in [2.24, 2.45) is 5.92 Å². The number of rotatable bonds is 8. The van der Waals surface area contributed by atoms with Gasteiger partial charge in [-0.2, -0.15) is 0 Å². The first-order chi connectivity index (χ1) is 14.0. The topological polar surface area (TPSA) is 52.6 Å². The number of carboxylic acid groups (broad SMARTS) is 1. The molecule has 1 amide bonds. The molecule has 0 aromatic heterocycles. The summed E-state index contributed by atoms with van der Waals surface area (Å²) in [5, 5.41) is 13.1. The maximum absolute atomic E-state index is 13.9. The van der Waals surface area contributed by atoms with Gasteiger partial charge in [-0.3, -0.25) is 0 Å². The van der Waals surface area contributed by atoms with E-state index in [1.165, 1.54) is 43.1 Å². The van der Waals surface area contributed by atoms with Crippen molar-refractivity contribution in [1.82, 2.24) is 4.90 Å². The molecule has 0 spiro atoms. The molecule has 0 heterocycles. The summed E-state index contributed by atoms with van der Waals surface area (Å²) in [7, 11) is 0. The largest absolute Gasteiger partial charge is 0.465 e. The lowest BCUT2D eigenvalue weighted by Gasteiger charge is -2.31. The van der Waals surface area contributed by atoms with E-state index in [0.717, 1.165) is 17.7 Å². The van der Waals surface area contributed by atoms with Crippen LogP contribution in [0.3, 0.4) is 0 Å². The fourth-order valence-corrected chi connectivity index (χ4v) is 4.29. The molecule has 2 aromatic rings. The van der Waals surface area contributed by atoms with Crippen LogP contribution in [0.4, 0.5) is 14.9 Å². The van der Waals surface area contributed by atoms with Gasteiger partial charge in [0.05, 0.1) is 6.54 Å². The average Bonchev–Trinajstić information content (AvgIpc) is 2.72. The fourth-order valence-electron chi connectivity index (χ4n) is 4.29. The van der Waals surface area contributed by atoms with Crippen LogP contribution in [0.2, 0.25) is 0 Å². The van der Waals surface area contributed by atoms with Gasteiger partial charge in [-0.25, -0.2) is 9.18 Å². The van der Waals surface area contributed by atoms with E-state index in [1.807, 2.05) is 37.3 Å². The number of carbonyl (C=O) groups is 1. The summed E-state index contributed by atoms with van der Waals surface area (Å²) in [4.78, 5) is 13.5. The number of halogens is 1. The fraction of sp³-hybridized carbons (Fsp3) is 0.458. The van der Waals surface area contributed by atoms with Gasteiger partial charge >= 0.3 is 6.09 Å². The lowest BCUT2D eigenvalue weighted by atomic mass is 9.85. The molecule has 2 N–H and O–H groups in total. The molecule has 1 atom stereocenters. The van der Waals surface area contributed by atoms with Crippen LogP contribution >= 0.6 is 0 Å². The third-order valence-corrected chi connectivity index (χ3v) is 5.96. The van der Waals surface area contributed by atoms with Crippen LogP contribution in [0.15, 0.2) is 48.5 Å². The van der Waals surface area contributed by atoms with Gasteiger partial charge in [0.25, 0.3) is 0 Å². The summed E-state index contributed by atoms with van der Waals surface area (Å²) in [6.07, 6.45) is 6.25. The Labute approximate surface area is 172 Å². The molecule has 4 nitrogen and oxygen atoms in total. The van der Waals surface area contributed by atoms with Gasteiger partial charge < -0.3 is 15.3 Å². The van der Waals surface area contributed by atoms with Gasteiger partial charge in [0, 0.05) is 23.8 Å². The van der Waals surface area contributed by atoms with E-state index in [4.69, 9.17) is 0 Å². The van der Waals surface area contributed by atoms with Crippen LogP contribution in [0, 0.1) is 11.7 Å². The van der Waals surface area contributed by atoms with Gasteiger partial charge in [-0.15, -0.1) is 0 Å². The molecule has 0 saturated heterocycles. The smallest absolute Gasteiger partial charge is 0.407 e. The van der Waals surface area contributed by atoms with Crippen LogP contribution in [0.1, 0.15) is 56.6 Å². The standard InChI is InChI=1S/C24H31FN2O2/c1-18(15-19-9-3-2-4-10-19)27(24(28)29)17-21-12-6-8-14-23(21)26-16-20-11-5-7-13-22(20)25/h5-8,11-14,18-19,26H,2-4,9-10,15-17H2,1H3,(H,28,29). The molecule has 3 rings (SSSR count). The Morgan fingerprint density at radius 3 is 2.45 bits per heavy atom. The van der Waals surface area contributed by atoms with Crippen molar-refractivity contribution < 1.29 is 14.3 Å². The van der Waals surface area contributed by atoms with Crippen LogP contribution in [0.5, 0.6) is 0 Å². The van der Waals surface area contributed by atoms with Crippen molar-refractivity contribution in [3.63, 3.8) is 0 Å². The van der Waals surface area contributed by atoms with Crippen LogP contribution < -0.4 is 5.32 Å². The third kappa shape index (κ3) is 5.96. The highest BCUT2D eigenvalue weighted by Crippen LogP contribution is 2.29. The zero-order valence-electron chi connectivity index (χ0n) is 17.1. The molecule has 0 aliphatic heterocycles. The SMILES string of the molecule is CC(CC1CCCCC1)N(Cc1ccccc1NCc1ccccc1F)C(=O)O. The number of nitrogens with zero attached hydrogens (tertiary/aromatic N) is 1. The maximum Gasteiger partial charge on any atom is 0.407 e. The van der Waals surface area contributed by atoms with E-state index >= 15 is 0 Å². The van der Waals surface area contributed by atoms with E-state index in [0.29, 0.717) is 24.6 Å². The van der Waals surface area contributed by atoms with Gasteiger partial charge in [0.15, 0.2) is 0 Å². The molecule has 1 aliphatic rings.